The van der Waals surface area contributed by atoms with E-state index < -0.39 is 0 Å². The van der Waals surface area contributed by atoms with E-state index in [2.05, 4.69) is 5.32 Å². The fourth-order valence-corrected chi connectivity index (χ4v) is 1.76. The first kappa shape index (κ1) is 8.85. The molecule has 0 aromatic carbocycles. The third kappa shape index (κ3) is 2.61. The Kier molecular flexibility index (Phi) is 2.71. The van der Waals surface area contributed by atoms with Gasteiger partial charge >= 0.3 is 6.03 Å². The molecular formula is C10H18N2O. The molecule has 0 atom stereocenters. The summed E-state index contributed by atoms with van der Waals surface area (Å²) in [6.45, 7) is 2.81. The fourth-order valence-electron chi connectivity index (χ4n) is 1.76. The fraction of sp³-hybridized carbons (Fsp3) is 0.900. The number of amides is 2. The van der Waals surface area contributed by atoms with Crippen molar-refractivity contribution >= 4 is 6.03 Å². The minimum Gasteiger partial charge on any atom is -0.338 e. The molecule has 1 aliphatic heterocycles. The molecule has 1 saturated heterocycles. The maximum atomic E-state index is 11.5. The Hall–Kier alpha value is -0.730. The molecule has 1 saturated carbocycles. The second-order valence-electron chi connectivity index (χ2n) is 4.18. The number of piperidine rings is 1. The number of urea groups is 1. The largest absolute Gasteiger partial charge is 0.338 e. The van der Waals surface area contributed by atoms with Gasteiger partial charge in [-0.25, -0.2) is 4.79 Å². The topological polar surface area (TPSA) is 32.3 Å². The van der Waals surface area contributed by atoms with Crippen molar-refractivity contribution in [3.8, 4) is 0 Å². The number of likely N-dealkylation sites (tertiary alicyclic amines) is 1. The van der Waals surface area contributed by atoms with E-state index in [4.69, 9.17) is 0 Å². The highest BCUT2D eigenvalue weighted by Crippen LogP contribution is 2.27. The van der Waals surface area contributed by atoms with Crippen LogP contribution in [0.5, 0.6) is 0 Å². The van der Waals surface area contributed by atoms with Crippen LogP contribution in [0.1, 0.15) is 32.1 Å². The summed E-state index contributed by atoms with van der Waals surface area (Å²) in [5, 5.41) is 3.00. The summed E-state index contributed by atoms with van der Waals surface area (Å²) in [5.41, 5.74) is 0. The first-order valence-corrected chi connectivity index (χ1v) is 5.39. The molecule has 74 valence electrons. The van der Waals surface area contributed by atoms with Crippen molar-refractivity contribution in [2.45, 2.75) is 32.1 Å². The zero-order valence-corrected chi connectivity index (χ0v) is 8.09. The van der Waals surface area contributed by atoms with Gasteiger partial charge in [-0.2, -0.15) is 0 Å². The molecule has 3 heteroatoms. The van der Waals surface area contributed by atoms with Gasteiger partial charge in [0.15, 0.2) is 0 Å². The van der Waals surface area contributed by atoms with Crippen LogP contribution in [0.3, 0.4) is 0 Å². The second-order valence-corrected chi connectivity index (χ2v) is 4.18. The lowest BCUT2D eigenvalue weighted by atomic mass is 10.1. The van der Waals surface area contributed by atoms with Crippen molar-refractivity contribution in [2.75, 3.05) is 19.6 Å². The van der Waals surface area contributed by atoms with Crippen LogP contribution in [0.2, 0.25) is 0 Å². The normalized spacial score (nSPS) is 22.9. The van der Waals surface area contributed by atoms with Crippen LogP contribution < -0.4 is 5.32 Å². The van der Waals surface area contributed by atoms with E-state index in [1.54, 1.807) is 0 Å². The highest BCUT2D eigenvalue weighted by molar-refractivity contribution is 5.74. The van der Waals surface area contributed by atoms with Gasteiger partial charge in [-0.15, -0.1) is 0 Å². The molecule has 1 heterocycles. The summed E-state index contributed by atoms with van der Waals surface area (Å²) in [5.74, 6) is 0.786. The van der Waals surface area contributed by atoms with Crippen LogP contribution in [0.15, 0.2) is 0 Å². The molecular weight excluding hydrogens is 164 g/mol. The van der Waals surface area contributed by atoms with Crippen LogP contribution in [-0.2, 0) is 0 Å². The average Bonchev–Trinajstić information content (AvgIpc) is 2.99. The van der Waals surface area contributed by atoms with Gasteiger partial charge in [0.1, 0.15) is 0 Å². The van der Waals surface area contributed by atoms with Gasteiger partial charge in [-0.3, -0.25) is 0 Å². The predicted octanol–water partition coefficient (Wildman–Crippen LogP) is 1.59. The molecule has 1 N–H and O–H groups in total. The molecule has 2 fully saturated rings. The van der Waals surface area contributed by atoms with Gasteiger partial charge in [0, 0.05) is 19.6 Å². The Balaban J connectivity index is 1.67. The molecule has 2 aliphatic rings. The van der Waals surface area contributed by atoms with E-state index >= 15 is 0 Å². The number of rotatable bonds is 2. The van der Waals surface area contributed by atoms with Gasteiger partial charge in [-0.05, 0) is 38.0 Å². The van der Waals surface area contributed by atoms with Gasteiger partial charge in [0.2, 0.25) is 0 Å². The number of hydrogen-bond acceptors (Lipinski definition) is 1. The molecule has 0 radical (unpaired) electrons. The van der Waals surface area contributed by atoms with Crippen molar-refractivity contribution in [1.82, 2.24) is 10.2 Å². The quantitative estimate of drug-likeness (QED) is 0.691. The maximum Gasteiger partial charge on any atom is 0.317 e. The summed E-state index contributed by atoms with van der Waals surface area (Å²) in [6.07, 6.45) is 6.25. The highest BCUT2D eigenvalue weighted by Gasteiger charge is 2.23. The Bertz CT molecular complexity index is 183. The molecule has 0 bridgehead atoms. The minimum absolute atomic E-state index is 0.159. The molecule has 0 spiro atoms. The van der Waals surface area contributed by atoms with Gasteiger partial charge in [-0.1, -0.05) is 0 Å². The summed E-state index contributed by atoms with van der Waals surface area (Å²) >= 11 is 0. The van der Waals surface area contributed by atoms with Gasteiger partial charge < -0.3 is 10.2 Å². The van der Waals surface area contributed by atoms with Crippen molar-refractivity contribution in [1.29, 1.82) is 0 Å². The van der Waals surface area contributed by atoms with Crippen molar-refractivity contribution < 1.29 is 4.79 Å². The molecule has 0 aromatic heterocycles. The van der Waals surface area contributed by atoms with Crippen LogP contribution in [0.25, 0.3) is 0 Å². The minimum atomic E-state index is 0.159. The van der Waals surface area contributed by atoms with E-state index in [0.717, 1.165) is 25.6 Å². The van der Waals surface area contributed by atoms with E-state index in [1.165, 1.54) is 32.1 Å². The van der Waals surface area contributed by atoms with E-state index in [9.17, 15) is 4.79 Å². The van der Waals surface area contributed by atoms with Gasteiger partial charge in [0.05, 0.1) is 0 Å². The predicted molar refractivity (Wildman–Crippen MR) is 51.5 cm³/mol. The Morgan fingerprint density at radius 2 is 1.92 bits per heavy atom. The zero-order valence-electron chi connectivity index (χ0n) is 8.09. The van der Waals surface area contributed by atoms with Crippen molar-refractivity contribution in [2.24, 2.45) is 5.92 Å². The third-order valence-electron chi connectivity index (χ3n) is 2.88. The smallest absolute Gasteiger partial charge is 0.317 e. The summed E-state index contributed by atoms with van der Waals surface area (Å²) in [4.78, 5) is 13.5. The van der Waals surface area contributed by atoms with Crippen LogP contribution in [-0.4, -0.2) is 30.6 Å². The standard InChI is InChI=1S/C10H18N2O/c13-10(11-8-9-4-5-9)12-6-2-1-3-7-12/h9H,1-8H2,(H,11,13). The number of hydrogen-bond donors (Lipinski definition) is 1. The molecule has 2 amide bonds. The van der Waals surface area contributed by atoms with Crippen LogP contribution in [0, 0.1) is 5.92 Å². The lowest BCUT2D eigenvalue weighted by Gasteiger charge is -2.26. The number of nitrogens with zero attached hydrogens (tertiary/aromatic N) is 1. The second kappa shape index (κ2) is 3.99. The molecule has 13 heavy (non-hydrogen) atoms. The lowest BCUT2D eigenvalue weighted by molar-refractivity contribution is 0.186. The molecule has 3 nitrogen and oxygen atoms in total. The summed E-state index contributed by atoms with van der Waals surface area (Å²) < 4.78 is 0. The molecule has 2 rings (SSSR count). The van der Waals surface area contributed by atoms with Crippen molar-refractivity contribution in [3.05, 3.63) is 0 Å². The third-order valence-corrected chi connectivity index (χ3v) is 2.88. The first-order chi connectivity index (χ1) is 6.36. The zero-order chi connectivity index (χ0) is 9.10. The highest BCUT2D eigenvalue weighted by atomic mass is 16.2. The van der Waals surface area contributed by atoms with Crippen LogP contribution >= 0.6 is 0 Å². The number of carbonyl (C=O) groups excluding carboxylic acids is 1. The maximum absolute atomic E-state index is 11.5. The average molecular weight is 182 g/mol. The Morgan fingerprint density at radius 3 is 2.54 bits per heavy atom. The van der Waals surface area contributed by atoms with E-state index in [1.807, 2.05) is 4.90 Å². The van der Waals surface area contributed by atoms with E-state index in [0.29, 0.717) is 0 Å². The van der Waals surface area contributed by atoms with Crippen LogP contribution in [0.4, 0.5) is 4.79 Å². The monoisotopic (exact) mass is 182 g/mol. The molecule has 0 unspecified atom stereocenters. The van der Waals surface area contributed by atoms with Gasteiger partial charge in [0.25, 0.3) is 0 Å². The summed E-state index contributed by atoms with van der Waals surface area (Å²) in [7, 11) is 0. The van der Waals surface area contributed by atoms with E-state index in [-0.39, 0.29) is 6.03 Å². The van der Waals surface area contributed by atoms with Crippen molar-refractivity contribution in [3.63, 3.8) is 0 Å². The first-order valence-electron chi connectivity index (χ1n) is 5.39. The Labute approximate surface area is 79.5 Å². The number of carbonyl (C=O) groups is 1. The Morgan fingerprint density at radius 1 is 1.23 bits per heavy atom. The summed E-state index contributed by atoms with van der Waals surface area (Å²) in [6, 6.07) is 0.159. The SMILES string of the molecule is O=C(NCC1CC1)N1CCCCC1. The lowest BCUT2D eigenvalue weighted by Crippen LogP contribution is -2.43. The molecule has 0 aromatic rings. The number of nitrogens with one attached hydrogen (secondary N) is 1. The molecule has 1 aliphatic carbocycles.